The fourth-order valence-electron chi connectivity index (χ4n) is 3.18. The molecular formula is C16H19BrN4OS. The molecule has 0 radical (unpaired) electrons. The molecule has 7 heteroatoms. The van der Waals surface area contributed by atoms with Gasteiger partial charge in [-0.1, -0.05) is 0 Å². The molecule has 2 fully saturated rings. The van der Waals surface area contributed by atoms with Crippen LogP contribution >= 0.6 is 27.7 Å². The van der Waals surface area contributed by atoms with Gasteiger partial charge in [-0.25, -0.2) is 4.98 Å². The van der Waals surface area contributed by atoms with E-state index in [1.807, 2.05) is 16.7 Å². The highest BCUT2D eigenvalue weighted by molar-refractivity contribution is 9.10. The van der Waals surface area contributed by atoms with Gasteiger partial charge in [0.05, 0.1) is 11.5 Å². The van der Waals surface area contributed by atoms with Gasteiger partial charge in [-0.15, -0.1) is 0 Å². The number of halogens is 1. The third kappa shape index (κ3) is 3.81. The molecule has 0 aromatic carbocycles. The maximum atomic E-state index is 12.7. The van der Waals surface area contributed by atoms with Crippen LogP contribution < -0.4 is 4.90 Å². The van der Waals surface area contributed by atoms with Crippen molar-refractivity contribution in [1.82, 2.24) is 9.88 Å². The Balaban J connectivity index is 1.73. The predicted molar refractivity (Wildman–Crippen MR) is 95.5 cm³/mol. The van der Waals surface area contributed by atoms with E-state index < -0.39 is 0 Å². The summed E-state index contributed by atoms with van der Waals surface area (Å²) in [4.78, 5) is 21.2. The average Bonchev–Trinajstić information content (AvgIpc) is 2.61. The van der Waals surface area contributed by atoms with Crippen molar-refractivity contribution in [1.29, 1.82) is 5.26 Å². The number of piperidine rings is 1. The molecule has 0 aliphatic carbocycles. The summed E-state index contributed by atoms with van der Waals surface area (Å²) in [5, 5.41) is 9.34. The number of carbonyl (C=O) groups is 1. The van der Waals surface area contributed by atoms with Gasteiger partial charge in [0, 0.05) is 48.4 Å². The number of hydrogen-bond donors (Lipinski definition) is 0. The summed E-state index contributed by atoms with van der Waals surface area (Å²) in [6.07, 6.45) is 3.60. The Bertz CT molecular complexity index is 627. The lowest BCUT2D eigenvalue weighted by Gasteiger charge is -2.36. The molecule has 1 aromatic heterocycles. The van der Waals surface area contributed by atoms with Crippen LogP contribution in [0.25, 0.3) is 0 Å². The molecule has 1 atom stereocenters. The van der Waals surface area contributed by atoms with E-state index in [4.69, 9.17) is 0 Å². The highest BCUT2D eigenvalue weighted by atomic mass is 79.9. The largest absolute Gasteiger partial charge is 0.355 e. The molecule has 0 saturated carbocycles. The first kappa shape index (κ1) is 16.6. The first-order chi connectivity index (χ1) is 11.2. The number of thioether (sulfide) groups is 1. The van der Waals surface area contributed by atoms with Crippen LogP contribution in [0.15, 0.2) is 16.7 Å². The van der Waals surface area contributed by atoms with Gasteiger partial charge in [-0.05, 0) is 34.8 Å². The lowest BCUT2D eigenvalue weighted by molar-refractivity contribution is -0.135. The fourth-order valence-corrected chi connectivity index (χ4v) is 4.41. The lowest BCUT2D eigenvalue weighted by atomic mass is 9.96. The Morgan fingerprint density at radius 3 is 2.91 bits per heavy atom. The molecule has 0 spiro atoms. The summed E-state index contributed by atoms with van der Waals surface area (Å²) in [5.74, 6) is 3.06. The molecule has 1 unspecified atom stereocenters. The van der Waals surface area contributed by atoms with Gasteiger partial charge in [0.15, 0.2) is 0 Å². The molecule has 23 heavy (non-hydrogen) atoms. The van der Waals surface area contributed by atoms with Gasteiger partial charge in [-0.2, -0.15) is 17.0 Å². The average molecular weight is 395 g/mol. The van der Waals surface area contributed by atoms with Crippen molar-refractivity contribution in [2.45, 2.75) is 12.8 Å². The van der Waals surface area contributed by atoms with Crippen LogP contribution in [0.5, 0.6) is 0 Å². The van der Waals surface area contributed by atoms with Gasteiger partial charge in [0.1, 0.15) is 11.9 Å². The van der Waals surface area contributed by atoms with Crippen molar-refractivity contribution < 1.29 is 4.79 Å². The van der Waals surface area contributed by atoms with Crippen LogP contribution in [0.2, 0.25) is 0 Å². The van der Waals surface area contributed by atoms with Crippen molar-refractivity contribution in [2.24, 2.45) is 5.92 Å². The number of anilines is 1. The van der Waals surface area contributed by atoms with Crippen molar-refractivity contribution in [3.8, 4) is 6.07 Å². The molecule has 0 N–H and O–H groups in total. The SMILES string of the molecule is N#Cc1cc(Br)cnc1N1CCCC(C(=O)N2CCSCC2)C1. The summed E-state index contributed by atoms with van der Waals surface area (Å²) in [6, 6.07) is 4.00. The minimum Gasteiger partial charge on any atom is -0.355 e. The monoisotopic (exact) mass is 394 g/mol. The van der Waals surface area contributed by atoms with Gasteiger partial charge in [0.2, 0.25) is 5.91 Å². The van der Waals surface area contributed by atoms with Crippen LogP contribution in [0.1, 0.15) is 18.4 Å². The number of nitrogens with zero attached hydrogens (tertiary/aromatic N) is 4. The van der Waals surface area contributed by atoms with E-state index >= 15 is 0 Å². The van der Waals surface area contributed by atoms with Gasteiger partial charge < -0.3 is 9.80 Å². The quantitative estimate of drug-likeness (QED) is 0.770. The fraction of sp³-hybridized carbons (Fsp3) is 0.562. The standard InChI is InChI=1S/C16H19BrN4OS/c17-14-8-13(9-18)15(19-10-14)21-3-1-2-12(11-21)16(22)20-4-6-23-7-5-20/h8,10,12H,1-7,11H2. The third-order valence-electron chi connectivity index (χ3n) is 4.35. The summed E-state index contributed by atoms with van der Waals surface area (Å²) in [6.45, 7) is 3.23. The van der Waals surface area contributed by atoms with Crippen molar-refractivity contribution in [3.05, 3.63) is 22.3 Å². The van der Waals surface area contributed by atoms with Crippen LogP contribution in [0.3, 0.4) is 0 Å². The zero-order valence-electron chi connectivity index (χ0n) is 12.9. The molecule has 1 amide bonds. The van der Waals surface area contributed by atoms with Crippen LogP contribution in [-0.2, 0) is 4.79 Å². The van der Waals surface area contributed by atoms with E-state index in [-0.39, 0.29) is 11.8 Å². The molecule has 1 aromatic rings. The van der Waals surface area contributed by atoms with Crippen molar-refractivity contribution in [2.75, 3.05) is 42.6 Å². The van der Waals surface area contributed by atoms with E-state index in [0.29, 0.717) is 17.9 Å². The Morgan fingerprint density at radius 1 is 1.39 bits per heavy atom. The van der Waals surface area contributed by atoms with E-state index in [2.05, 4.69) is 31.9 Å². The maximum Gasteiger partial charge on any atom is 0.227 e. The first-order valence-corrected chi connectivity index (χ1v) is 9.81. The van der Waals surface area contributed by atoms with Gasteiger partial charge in [-0.3, -0.25) is 4.79 Å². The molecular weight excluding hydrogens is 376 g/mol. The Kier molecular flexibility index (Phi) is 5.44. The molecule has 3 rings (SSSR count). The second-order valence-corrected chi connectivity index (χ2v) is 8.00. The van der Waals surface area contributed by atoms with Crippen molar-refractivity contribution >= 4 is 39.4 Å². The Labute approximate surface area is 149 Å². The zero-order chi connectivity index (χ0) is 16.2. The van der Waals surface area contributed by atoms with Crippen molar-refractivity contribution in [3.63, 3.8) is 0 Å². The highest BCUT2D eigenvalue weighted by Gasteiger charge is 2.31. The zero-order valence-corrected chi connectivity index (χ0v) is 15.3. The Morgan fingerprint density at radius 2 is 2.17 bits per heavy atom. The second-order valence-electron chi connectivity index (χ2n) is 5.86. The molecule has 2 saturated heterocycles. The minimum atomic E-state index is 0.0174. The number of carbonyl (C=O) groups excluding carboxylic acids is 1. The summed E-state index contributed by atoms with van der Waals surface area (Å²) < 4.78 is 0.799. The number of pyridine rings is 1. The third-order valence-corrected chi connectivity index (χ3v) is 5.72. The molecule has 5 nitrogen and oxygen atoms in total. The van der Waals surface area contributed by atoms with Gasteiger partial charge in [0.25, 0.3) is 0 Å². The summed E-state index contributed by atoms with van der Waals surface area (Å²) in [7, 11) is 0. The lowest BCUT2D eigenvalue weighted by Crippen LogP contribution is -2.47. The number of hydrogen-bond acceptors (Lipinski definition) is 5. The summed E-state index contributed by atoms with van der Waals surface area (Å²) >= 11 is 5.27. The summed E-state index contributed by atoms with van der Waals surface area (Å²) in [5.41, 5.74) is 0.557. The normalized spacial score (nSPS) is 21.8. The second kappa shape index (κ2) is 7.54. The number of aromatic nitrogens is 1. The molecule has 122 valence electrons. The maximum absolute atomic E-state index is 12.7. The van der Waals surface area contributed by atoms with Crippen LogP contribution in [0, 0.1) is 17.2 Å². The van der Waals surface area contributed by atoms with E-state index in [1.54, 1.807) is 12.3 Å². The first-order valence-electron chi connectivity index (χ1n) is 7.86. The highest BCUT2D eigenvalue weighted by Crippen LogP contribution is 2.27. The van der Waals surface area contributed by atoms with E-state index in [0.717, 1.165) is 48.5 Å². The van der Waals surface area contributed by atoms with E-state index in [1.165, 1.54) is 0 Å². The minimum absolute atomic E-state index is 0.0174. The molecule has 2 aliphatic heterocycles. The van der Waals surface area contributed by atoms with Gasteiger partial charge >= 0.3 is 0 Å². The Hall–Kier alpha value is -1.26. The molecule has 3 heterocycles. The number of nitriles is 1. The number of rotatable bonds is 2. The number of amides is 1. The topological polar surface area (TPSA) is 60.2 Å². The van der Waals surface area contributed by atoms with Crippen LogP contribution in [0.4, 0.5) is 5.82 Å². The van der Waals surface area contributed by atoms with Crippen LogP contribution in [-0.4, -0.2) is 53.5 Å². The smallest absolute Gasteiger partial charge is 0.227 e. The van der Waals surface area contributed by atoms with E-state index in [9.17, 15) is 10.1 Å². The molecule has 0 bridgehead atoms. The predicted octanol–water partition coefficient (Wildman–Crippen LogP) is 2.51. The molecule has 2 aliphatic rings.